The van der Waals surface area contributed by atoms with Crippen LogP contribution in [0.2, 0.25) is 0 Å². The third-order valence-corrected chi connectivity index (χ3v) is 9.96. The molecule has 0 radical (unpaired) electrons. The fourth-order valence-corrected chi connectivity index (χ4v) is 7.60. The molecule has 4 atom stereocenters. The smallest absolute Gasteiger partial charge is 0.186 e. The van der Waals surface area contributed by atoms with Gasteiger partial charge in [0.2, 0.25) is 0 Å². The SMILES string of the molecule is CCCCCCC(CCCC)CC(CCCCCCCCC(CC(=O)S)CC(CCCC)CCCCCC)CC(=O)S. The maximum Gasteiger partial charge on any atom is 0.186 e. The van der Waals surface area contributed by atoms with E-state index in [-0.39, 0.29) is 10.2 Å². The van der Waals surface area contributed by atoms with Crippen molar-refractivity contribution < 1.29 is 9.59 Å². The number of hydrogen-bond acceptors (Lipinski definition) is 2. The van der Waals surface area contributed by atoms with E-state index >= 15 is 0 Å². The predicted octanol–water partition coefficient (Wildman–Crippen LogP) is 13.4. The zero-order chi connectivity index (χ0) is 31.3. The number of unbranched alkanes of at least 4 members (excludes halogenated alkanes) is 13. The van der Waals surface area contributed by atoms with E-state index in [1.165, 1.54) is 167 Å². The van der Waals surface area contributed by atoms with Gasteiger partial charge in [-0.3, -0.25) is 9.59 Å². The van der Waals surface area contributed by atoms with Gasteiger partial charge in [0, 0.05) is 12.8 Å². The molecule has 0 aliphatic heterocycles. The number of hydrogen-bond donors (Lipinski definition) is 2. The number of carbonyl (C=O) groups excluding carboxylic acids is 2. The van der Waals surface area contributed by atoms with E-state index in [0.717, 1.165) is 11.8 Å². The molecular weight excluding hydrogens is 553 g/mol. The summed E-state index contributed by atoms with van der Waals surface area (Å²) in [6.45, 7) is 9.16. The normalized spacial score (nSPS) is 14.5. The highest BCUT2D eigenvalue weighted by Crippen LogP contribution is 2.31. The third-order valence-electron chi connectivity index (χ3n) is 9.60. The molecule has 0 amide bonds. The molecule has 4 heteroatoms. The first kappa shape index (κ1) is 42.0. The van der Waals surface area contributed by atoms with Crippen molar-refractivity contribution in [3.05, 3.63) is 0 Å². The second kappa shape index (κ2) is 31.0. The summed E-state index contributed by atoms with van der Waals surface area (Å²) in [4.78, 5) is 23.8. The number of thiol groups is 2. The third kappa shape index (κ3) is 27.6. The topological polar surface area (TPSA) is 34.1 Å². The van der Waals surface area contributed by atoms with Crippen molar-refractivity contribution in [3.8, 4) is 0 Å². The summed E-state index contributed by atoms with van der Waals surface area (Å²) in [6.07, 6.45) is 35.0. The molecule has 0 aromatic carbocycles. The Bertz CT molecular complexity index is 556. The van der Waals surface area contributed by atoms with Crippen LogP contribution >= 0.6 is 25.3 Å². The lowest BCUT2D eigenvalue weighted by Gasteiger charge is -2.23. The molecule has 42 heavy (non-hydrogen) atoms. The van der Waals surface area contributed by atoms with Crippen LogP contribution in [0, 0.1) is 23.7 Å². The van der Waals surface area contributed by atoms with Crippen LogP contribution in [0.15, 0.2) is 0 Å². The van der Waals surface area contributed by atoms with E-state index in [1.807, 2.05) is 0 Å². The first-order valence-electron chi connectivity index (χ1n) is 18.8. The van der Waals surface area contributed by atoms with Gasteiger partial charge in [-0.15, -0.1) is 25.3 Å². The summed E-state index contributed by atoms with van der Waals surface area (Å²) in [7, 11) is 0. The molecule has 2 nitrogen and oxygen atoms in total. The Hall–Kier alpha value is 0.0400. The van der Waals surface area contributed by atoms with Crippen molar-refractivity contribution in [1.82, 2.24) is 0 Å². The average molecular weight is 627 g/mol. The standard InChI is InChI=1S/C38H74O2S2/c1-5-9-13-19-25-33(23-11-7-3)29-35(31-37(39)41)27-21-17-15-16-18-22-28-36(32-38(40)42)30-34(24-12-8-4)26-20-14-10-6-2/h33-36H,5-32H2,1-4H3,(H,39,41)(H,40,42). The van der Waals surface area contributed by atoms with E-state index in [1.54, 1.807) is 0 Å². The molecule has 0 aromatic heterocycles. The summed E-state index contributed by atoms with van der Waals surface area (Å²) in [5.41, 5.74) is 0. The molecule has 250 valence electrons. The van der Waals surface area contributed by atoms with Crippen molar-refractivity contribution in [3.63, 3.8) is 0 Å². The lowest BCUT2D eigenvalue weighted by atomic mass is 9.83. The summed E-state index contributed by atoms with van der Waals surface area (Å²) in [6, 6.07) is 0. The molecule has 0 heterocycles. The summed E-state index contributed by atoms with van der Waals surface area (Å²) >= 11 is 8.33. The Kier molecular flexibility index (Phi) is 31.1. The molecule has 0 saturated carbocycles. The monoisotopic (exact) mass is 627 g/mol. The predicted molar refractivity (Wildman–Crippen MR) is 194 cm³/mol. The zero-order valence-corrected chi connectivity index (χ0v) is 30.6. The Morgan fingerprint density at radius 3 is 0.952 bits per heavy atom. The fourth-order valence-electron chi connectivity index (χ4n) is 7.08. The van der Waals surface area contributed by atoms with Gasteiger partial charge in [0.25, 0.3) is 0 Å². The van der Waals surface area contributed by atoms with E-state index < -0.39 is 0 Å². The summed E-state index contributed by atoms with van der Waals surface area (Å²) < 4.78 is 0. The second-order valence-corrected chi connectivity index (χ2v) is 14.8. The summed E-state index contributed by atoms with van der Waals surface area (Å²) in [5.74, 6) is 2.61. The highest BCUT2D eigenvalue weighted by Gasteiger charge is 2.19. The summed E-state index contributed by atoms with van der Waals surface area (Å²) in [5, 5.41) is 0.153. The molecule has 0 saturated heterocycles. The molecule has 0 aliphatic rings. The average Bonchev–Trinajstić information content (AvgIpc) is 2.95. The molecule has 0 rings (SSSR count). The highest BCUT2D eigenvalue weighted by atomic mass is 32.1. The molecular formula is C38H74O2S2. The number of rotatable bonds is 33. The van der Waals surface area contributed by atoms with Crippen molar-refractivity contribution in [1.29, 1.82) is 0 Å². The van der Waals surface area contributed by atoms with Crippen LogP contribution in [0.1, 0.15) is 207 Å². The van der Waals surface area contributed by atoms with Gasteiger partial charge >= 0.3 is 0 Å². The molecule has 0 bridgehead atoms. The van der Waals surface area contributed by atoms with Gasteiger partial charge in [0.15, 0.2) is 10.2 Å². The van der Waals surface area contributed by atoms with Crippen LogP contribution in [0.5, 0.6) is 0 Å². The molecule has 0 aliphatic carbocycles. The van der Waals surface area contributed by atoms with Gasteiger partial charge in [0.05, 0.1) is 0 Å². The fraction of sp³-hybridized carbons (Fsp3) is 0.947. The Labute approximate surface area is 275 Å². The van der Waals surface area contributed by atoms with Gasteiger partial charge < -0.3 is 0 Å². The molecule has 0 aromatic rings. The minimum Gasteiger partial charge on any atom is -0.287 e. The van der Waals surface area contributed by atoms with E-state index in [9.17, 15) is 9.59 Å². The van der Waals surface area contributed by atoms with E-state index in [4.69, 9.17) is 0 Å². The van der Waals surface area contributed by atoms with Crippen LogP contribution < -0.4 is 0 Å². The van der Waals surface area contributed by atoms with E-state index in [2.05, 4.69) is 53.0 Å². The van der Waals surface area contributed by atoms with Gasteiger partial charge in [-0.1, -0.05) is 169 Å². The van der Waals surface area contributed by atoms with Gasteiger partial charge in [-0.25, -0.2) is 0 Å². The second-order valence-electron chi connectivity index (χ2n) is 13.8. The molecule has 4 unspecified atom stereocenters. The Morgan fingerprint density at radius 1 is 0.381 bits per heavy atom. The van der Waals surface area contributed by atoms with Crippen LogP contribution in [0.25, 0.3) is 0 Å². The van der Waals surface area contributed by atoms with Crippen LogP contribution in [-0.2, 0) is 9.59 Å². The van der Waals surface area contributed by atoms with Gasteiger partial charge in [-0.2, -0.15) is 0 Å². The van der Waals surface area contributed by atoms with Gasteiger partial charge in [-0.05, 0) is 49.4 Å². The first-order chi connectivity index (χ1) is 20.4. The maximum atomic E-state index is 11.9. The molecule has 0 spiro atoms. The van der Waals surface area contributed by atoms with Crippen LogP contribution in [0.4, 0.5) is 0 Å². The van der Waals surface area contributed by atoms with Crippen molar-refractivity contribution in [2.24, 2.45) is 23.7 Å². The van der Waals surface area contributed by atoms with Gasteiger partial charge in [0.1, 0.15) is 0 Å². The minimum atomic E-state index is 0.0763. The van der Waals surface area contributed by atoms with Crippen molar-refractivity contribution >= 4 is 35.5 Å². The zero-order valence-electron chi connectivity index (χ0n) is 28.8. The maximum absolute atomic E-state index is 11.9. The first-order valence-corrected chi connectivity index (χ1v) is 19.7. The van der Waals surface area contributed by atoms with Crippen LogP contribution in [-0.4, -0.2) is 10.2 Å². The van der Waals surface area contributed by atoms with Crippen LogP contribution in [0.3, 0.4) is 0 Å². The molecule has 0 N–H and O–H groups in total. The van der Waals surface area contributed by atoms with E-state index in [0.29, 0.717) is 24.7 Å². The molecule has 0 fully saturated rings. The highest BCUT2D eigenvalue weighted by molar-refractivity contribution is 7.96. The van der Waals surface area contributed by atoms with Crippen molar-refractivity contribution in [2.45, 2.75) is 207 Å². The lowest BCUT2D eigenvalue weighted by Crippen LogP contribution is -2.12. The Balaban J connectivity index is 4.50. The van der Waals surface area contributed by atoms with Crippen molar-refractivity contribution in [2.75, 3.05) is 0 Å². The largest absolute Gasteiger partial charge is 0.287 e. The number of carbonyl (C=O) groups is 2. The lowest BCUT2D eigenvalue weighted by molar-refractivity contribution is -0.112. The Morgan fingerprint density at radius 2 is 0.643 bits per heavy atom. The quantitative estimate of drug-likeness (QED) is 0.0561. The minimum absolute atomic E-state index is 0.0763.